The molecule has 0 aliphatic heterocycles. The summed E-state index contributed by atoms with van der Waals surface area (Å²) in [5.74, 6) is 0. The molecule has 2 heteroatoms. The molecule has 0 fully saturated rings. The minimum atomic E-state index is 0.172. The molecular weight excluding hydrogens is 93.0 g/mol. The van der Waals surface area contributed by atoms with Gasteiger partial charge in [0, 0.05) is 0 Å². The summed E-state index contributed by atoms with van der Waals surface area (Å²) in [5, 5.41) is 3.34. The van der Waals surface area contributed by atoms with Gasteiger partial charge in [0.1, 0.15) is 0 Å². The van der Waals surface area contributed by atoms with Crippen LogP contribution < -0.4 is 5.09 Å². The van der Waals surface area contributed by atoms with E-state index in [2.05, 4.69) is 18.9 Å². The molecule has 0 saturated heterocycles. The molecule has 1 N–H and O–H groups in total. The van der Waals surface area contributed by atoms with Crippen molar-refractivity contribution in [3.8, 4) is 0 Å². The quantitative estimate of drug-likeness (QED) is 0.413. The van der Waals surface area contributed by atoms with Gasteiger partial charge in [-0.15, -0.1) is 0 Å². The molecule has 0 spiro atoms. The Balaban J connectivity index is 2.34. The van der Waals surface area contributed by atoms with Gasteiger partial charge in [0.25, 0.3) is 0 Å². The number of hydrogen-bond donors (Lipinski definition) is 1. The van der Waals surface area contributed by atoms with Gasteiger partial charge in [-0.1, -0.05) is 0 Å². The molecule has 0 bridgehead atoms. The minimum absolute atomic E-state index is 0.172. The van der Waals surface area contributed by atoms with Gasteiger partial charge >= 0.3 is 40.4 Å². The van der Waals surface area contributed by atoms with E-state index in [-0.39, 0.29) is 8.73 Å². The zero-order valence-electron chi connectivity index (χ0n) is 4.62. The van der Waals surface area contributed by atoms with E-state index in [1.165, 1.54) is 12.7 Å². The van der Waals surface area contributed by atoms with Crippen LogP contribution in [0.5, 0.6) is 0 Å². The van der Waals surface area contributed by atoms with E-state index < -0.39 is 0 Å². The number of hydrogen-bond acceptors (Lipinski definition) is 1. The van der Waals surface area contributed by atoms with E-state index >= 15 is 0 Å². The van der Waals surface area contributed by atoms with E-state index in [1.807, 2.05) is 0 Å². The van der Waals surface area contributed by atoms with Crippen molar-refractivity contribution in [2.75, 3.05) is 12.7 Å². The summed E-state index contributed by atoms with van der Waals surface area (Å²) in [6.45, 7) is 5.55. The summed E-state index contributed by atoms with van der Waals surface area (Å²) >= 11 is 0. The van der Waals surface area contributed by atoms with E-state index in [1.54, 1.807) is 0 Å². The monoisotopic (exact) mass is 107 g/mol. The Morgan fingerprint density at radius 1 is 1.50 bits per heavy atom. The van der Waals surface area contributed by atoms with Crippen molar-refractivity contribution in [3.63, 3.8) is 0 Å². The molecule has 0 radical (unpaired) electrons. The van der Waals surface area contributed by atoms with Crippen LogP contribution in [-0.2, 0) is 0 Å². The molecule has 0 atom stereocenters. The third-order valence-electron chi connectivity index (χ3n) is 0.677. The summed E-state index contributed by atoms with van der Waals surface area (Å²) < 4.78 is 0. The maximum absolute atomic E-state index is 3.34. The van der Waals surface area contributed by atoms with Crippen molar-refractivity contribution in [2.24, 2.45) is 0 Å². The second-order valence-electron chi connectivity index (χ2n) is 1.35. The first-order chi connectivity index (χ1) is 2.91. The molecule has 1 nitrogen and oxygen atoms in total. The molecule has 0 heterocycles. The Labute approximate surface area is 41.4 Å². The molecule has 0 aromatic rings. The van der Waals surface area contributed by atoms with Crippen LogP contribution in [0.1, 0.15) is 13.8 Å². The normalized spacial score (nSPS) is 9.67. The van der Waals surface area contributed by atoms with Gasteiger partial charge in [-0.2, -0.15) is 0 Å². The van der Waals surface area contributed by atoms with E-state index in [4.69, 9.17) is 0 Å². The molecule has 0 aliphatic carbocycles. The van der Waals surface area contributed by atoms with Gasteiger partial charge in [0.05, 0.1) is 0 Å². The second-order valence-corrected chi connectivity index (χ2v) is 3.35. The van der Waals surface area contributed by atoms with Crippen molar-refractivity contribution >= 4 is 8.73 Å². The second kappa shape index (κ2) is 5.39. The molecule has 0 aromatic heterocycles. The van der Waals surface area contributed by atoms with Crippen LogP contribution in [-0.4, -0.2) is 12.7 Å². The predicted octanol–water partition coefficient (Wildman–Crippen LogP) is 0.674. The van der Waals surface area contributed by atoms with Crippen LogP contribution in [0.25, 0.3) is 0 Å². The van der Waals surface area contributed by atoms with Crippen LogP contribution in [0.4, 0.5) is 0 Å². The SMILES string of the molecule is CCN[PH3]CC. The first-order valence-electron chi connectivity index (χ1n) is 2.62. The molecular formula is C4H14NP. The van der Waals surface area contributed by atoms with Crippen molar-refractivity contribution in [1.29, 1.82) is 0 Å². The van der Waals surface area contributed by atoms with Crippen LogP contribution in [0.2, 0.25) is 0 Å². The average Bonchev–Trinajstić information content (AvgIpc) is 1.61. The Hall–Kier alpha value is 0.390. The maximum atomic E-state index is 3.34. The molecule has 0 aromatic carbocycles. The summed E-state index contributed by atoms with van der Waals surface area (Å²) in [5.41, 5.74) is 0. The van der Waals surface area contributed by atoms with Crippen LogP contribution in [0.3, 0.4) is 0 Å². The molecule has 0 aliphatic rings. The van der Waals surface area contributed by atoms with Gasteiger partial charge in [-0.25, -0.2) is 0 Å². The van der Waals surface area contributed by atoms with Gasteiger partial charge in [0.2, 0.25) is 0 Å². The van der Waals surface area contributed by atoms with Crippen LogP contribution in [0, 0.1) is 0 Å². The average molecular weight is 107 g/mol. The Kier molecular flexibility index (Phi) is 5.74. The number of nitrogens with one attached hydrogen (secondary N) is 1. The predicted molar refractivity (Wildman–Crippen MR) is 35.3 cm³/mol. The Bertz CT molecular complexity index is 19.5. The van der Waals surface area contributed by atoms with Gasteiger partial charge in [-0.3, -0.25) is 0 Å². The summed E-state index contributed by atoms with van der Waals surface area (Å²) in [7, 11) is 0.172. The zero-order valence-corrected chi connectivity index (χ0v) is 6.04. The van der Waals surface area contributed by atoms with Crippen LogP contribution >= 0.6 is 8.73 Å². The zero-order chi connectivity index (χ0) is 4.83. The van der Waals surface area contributed by atoms with Gasteiger partial charge in [0.15, 0.2) is 0 Å². The first kappa shape index (κ1) is 6.39. The topological polar surface area (TPSA) is 12.0 Å². The standard InChI is InChI=1S/C4H14NP/c1-3-5-6-4-2/h5H,3-4H2,1-2,6H3. The number of rotatable bonds is 3. The fourth-order valence-electron chi connectivity index (χ4n) is 0.354. The van der Waals surface area contributed by atoms with E-state index in [9.17, 15) is 0 Å². The van der Waals surface area contributed by atoms with Crippen molar-refractivity contribution < 1.29 is 0 Å². The fraction of sp³-hybridized carbons (Fsp3) is 1.00. The molecule has 6 heavy (non-hydrogen) atoms. The van der Waals surface area contributed by atoms with E-state index in [0.717, 1.165) is 0 Å². The van der Waals surface area contributed by atoms with Gasteiger partial charge in [-0.05, 0) is 0 Å². The first-order valence-corrected chi connectivity index (χ1v) is 4.33. The van der Waals surface area contributed by atoms with Gasteiger partial charge < -0.3 is 0 Å². The molecule has 0 saturated carbocycles. The van der Waals surface area contributed by atoms with Crippen molar-refractivity contribution in [2.45, 2.75) is 13.8 Å². The molecule has 40 valence electrons. The Morgan fingerprint density at radius 2 is 2.17 bits per heavy atom. The third-order valence-corrected chi connectivity index (χ3v) is 2.03. The molecule has 0 rings (SSSR count). The molecule has 0 amide bonds. The third kappa shape index (κ3) is 4.39. The van der Waals surface area contributed by atoms with Crippen molar-refractivity contribution in [1.82, 2.24) is 5.09 Å². The summed E-state index contributed by atoms with van der Waals surface area (Å²) in [6, 6.07) is 0. The van der Waals surface area contributed by atoms with Crippen molar-refractivity contribution in [3.05, 3.63) is 0 Å². The molecule has 0 unspecified atom stereocenters. The van der Waals surface area contributed by atoms with Crippen LogP contribution in [0.15, 0.2) is 0 Å². The summed E-state index contributed by atoms with van der Waals surface area (Å²) in [4.78, 5) is 0. The Morgan fingerprint density at radius 3 is 2.33 bits per heavy atom. The summed E-state index contributed by atoms with van der Waals surface area (Å²) in [6.07, 6.45) is 1.38. The van der Waals surface area contributed by atoms with E-state index in [0.29, 0.717) is 0 Å². The fourth-order valence-corrected chi connectivity index (χ4v) is 1.06.